The molecule has 0 N–H and O–H groups in total. The van der Waals surface area contributed by atoms with Crippen molar-refractivity contribution in [3.63, 3.8) is 0 Å². The molecule has 0 radical (unpaired) electrons. The Balaban J connectivity index is 1.69. The van der Waals surface area contributed by atoms with Crippen molar-refractivity contribution in [1.29, 1.82) is 0 Å². The zero-order valence-corrected chi connectivity index (χ0v) is 17.7. The van der Waals surface area contributed by atoms with Crippen LogP contribution in [-0.4, -0.2) is 22.7 Å². The Kier molecular flexibility index (Phi) is 6.26. The van der Waals surface area contributed by atoms with E-state index in [0.717, 1.165) is 5.56 Å². The van der Waals surface area contributed by atoms with Gasteiger partial charge in [0.1, 0.15) is 5.82 Å². The molecule has 170 valence electrons. The average Bonchev–Trinajstić information content (AvgIpc) is 3.28. The molecule has 3 aromatic rings. The SMILES string of the molecule is Cc1ccc(-c2cc(C(=O)CCC(F)(F)F)cc(C3=NOC(c4ccccn4)C3)c2)c(F)c1. The molecular formula is C25H20F4N2O2. The van der Waals surface area contributed by atoms with Crippen molar-refractivity contribution in [2.24, 2.45) is 5.16 Å². The molecule has 8 heteroatoms. The van der Waals surface area contributed by atoms with Crippen molar-refractivity contribution in [2.45, 2.75) is 38.5 Å². The lowest BCUT2D eigenvalue weighted by Gasteiger charge is -2.12. The third kappa shape index (κ3) is 5.45. The van der Waals surface area contributed by atoms with E-state index < -0.39 is 36.7 Å². The lowest BCUT2D eigenvalue weighted by atomic mass is 9.93. The second-order valence-electron chi connectivity index (χ2n) is 7.91. The minimum atomic E-state index is -4.45. The number of carbonyl (C=O) groups is 1. The first-order valence-electron chi connectivity index (χ1n) is 10.4. The average molecular weight is 456 g/mol. The summed E-state index contributed by atoms with van der Waals surface area (Å²) in [6, 6.07) is 14.6. The van der Waals surface area contributed by atoms with Gasteiger partial charge in [-0.3, -0.25) is 9.78 Å². The Labute approximate surface area is 187 Å². The van der Waals surface area contributed by atoms with E-state index in [0.29, 0.717) is 29.0 Å². The summed E-state index contributed by atoms with van der Waals surface area (Å²) in [5.74, 6) is -1.17. The highest BCUT2D eigenvalue weighted by Crippen LogP contribution is 2.32. The monoisotopic (exact) mass is 456 g/mol. The lowest BCUT2D eigenvalue weighted by molar-refractivity contribution is -0.133. The van der Waals surface area contributed by atoms with Crippen LogP contribution in [-0.2, 0) is 4.84 Å². The van der Waals surface area contributed by atoms with Gasteiger partial charge in [0, 0.05) is 35.7 Å². The first-order valence-corrected chi connectivity index (χ1v) is 10.4. The van der Waals surface area contributed by atoms with Crippen LogP contribution in [0.1, 0.15) is 52.5 Å². The molecule has 33 heavy (non-hydrogen) atoms. The predicted octanol–water partition coefficient (Wildman–Crippen LogP) is 6.59. The number of aryl methyl sites for hydroxylation is 1. The number of alkyl halides is 3. The first-order chi connectivity index (χ1) is 15.7. The van der Waals surface area contributed by atoms with Gasteiger partial charge in [-0.05, 0) is 54.4 Å². The number of nitrogens with zero attached hydrogens (tertiary/aromatic N) is 2. The number of carbonyl (C=O) groups excluding carboxylic acids is 1. The number of rotatable bonds is 6. The number of ketones is 1. The van der Waals surface area contributed by atoms with Crippen molar-refractivity contribution in [3.05, 3.63) is 89.0 Å². The summed E-state index contributed by atoms with van der Waals surface area (Å²) in [6.07, 6.45) is -4.80. The minimum Gasteiger partial charge on any atom is -0.385 e. The van der Waals surface area contributed by atoms with Crippen molar-refractivity contribution in [1.82, 2.24) is 4.98 Å². The standard InChI is InChI=1S/C25H20F4N2O2/c1-15-5-6-19(20(26)10-15)16-11-17(13-18(12-16)23(32)7-8-25(27,28)29)22-14-24(33-31-22)21-4-2-3-9-30-21/h2-6,9-13,24H,7-8,14H2,1H3. The van der Waals surface area contributed by atoms with E-state index in [4.69, 9.17) is 4.84 Å². The summed E-state index contributed by atoms with van der Waals surface area (Å²) in [5.41, 5.74) is 3.08. The van der Waals surface area contributed by atoms with E-state index in [-0.39, 0.29) is 11.1 Å². The molecule has 4 rings (SSSR count). The molecule has 1 unspecified atom stereocenters. The molecule has 0 saturated carbocycles. The van der Waals surface area contributed by atoms with Crippen LogP contribution in [0, 0.1) is 12.7 Å². The van der Waals surface area contributed by atoms with Crippen LogP contribution in [0.4, 0.5) is 17.6 Å². The number of hydrogen-bond acceptors (Lipinski definition) is 4. The fraction of sp³-hybridized carbons (Fsp3) is 0.240. The molecule has 0 amide bonds. The quantitative estimate of drug-likeness (QED) is 0.311. The van der Waals surface area contributed by atoms with E-state index in [1.807, 2.05) is 6.07 Å². The molecule has 0 bridgehead atoms. The van der Waals surface area contributed by atoms with E-state index in [2.05, 4.69) is 10.1 Å². The third-order valence-corrected chi connectivity index (χ3v) is 5.35. The largest absolute Gasteiger partial charge is 0.389 e. The minimum absolute atomic E-state index is 0.0655. The molecule has 1 aliphatic heterocycles. The van der Waals surface area contributed by atoms with Gasteiger partial charge in [-0.15, -0.1) is 0 Å². The van der Waals surface area contributed by atoms with Crippen LogP contribution in [0.25, 0.3) is 11.1 Å². The van der Waals surface area contributed by atoms with Gasteiger partial charge in [0.25, 0.3) is 0 Å². The van der Waals surface area contributed by atoms with Crippen LogP contribution in [0.15, 0.2) is 65.9 Å². The summed E-state index contributed by atoms with van der Waals surface area (Å²) in [6.45, 7) is 1.75. The van der Waals surface area contributed by atoms with Crippen LogP contribution in [0.5, 0.6) is 0 Å². The number of aromatic nitrogens is 1. The highest BCUT2D eigenvalue weighted by molar-refractivity contribution is 6.05. The van der Waals surface area contributed by atoms with Crippen molar-refractivity contribution in [3.8, 4) is 11.1 Å². The van der Waals surface area contributed by atoms with Gasteiger partial charge in [-0.25, -0.2) is 4.39 Å². The normalized spacial score (nSPS) is 15.8. The number of Topliss-reactive ketones (excluding diaryl/α,β-unsaturated/α-hetero) is 1. The number of oxime groups is 1. The molecule has 0 fully saturated rings. The molecule has 2 heterocycles. The van der Waals surface area contributed by atoms with Gasteiger partial charge >= 0.3 is 6.18 Å². The molecule has 1 aromatic heterocycles. The van der Waals surface area contributed by atoms with Gasteiger partial charge in [0.15, 0.2) is 11.9 Å². The maximum absolute atomic E-state index is 14.7. The summed E-state index contributed by atoms with van der Waals surface area (Å²) >= 11 is 0. The van der Waals surface area contributed by atoms with Gasteiger partial charge in [-0.2, -0.15) is 13.2 Å². The number of pyridine rings is 1. The zero-order chi connectivity index (χ0) is 23.6. The van der Waals surface area contributed by atoms with Crippen molar-refractivity contribution in [2.75, 3.05) is 0 Å². The number of hydrogen-bond donors (Lipinski definition) is 0. The Bertz CT molecular complexity index is 1210. The Morgan fingerprint density at radius 2 is 1.88 bits per heavy atom. The predicted molar refractivity (Wildman–Crippen MR) is 115 cm³/mol. The maximum atomic E-state index is 14.7. The molecule has 0 saturated heterocycles. The summed E-state index contributed by atoms with van der Waals surface area (Å²) < 4.78 is 52.6. The Morgan fingerprint density at radius 3 is 2.58 bits per heavy atom. The Morgan fingerprint density at radius 1 is 1.09 bits per heavy atom. The van der Waals surface area contributed by atoms with E-state index in [1.165, 1.54) is 18.2 Å². The zero-order valence-electron chi connectivity index (χ0n) is 17.7. The van der Waals surface area contributed by atoms with Crippen LogP contribution < -0.4 is 0 Å². The summed E-state index contributed by atoms with van der Waals surface area (Å²) in [4.78, 5) is 22.4. The topological polar surface area (TPSA) is 51.5 Å². The van der Waals surface area contributed by atoms with Crippen LogP contribution in [0.3, 0.4) is 0 Å². The van der Waals surface area contributed by atoms with Gasteiger partial charge in [0.2, 0.25) is 0 Å². The van der Waals surface area contributed by atoms with E-state index in [9.17, 15) is 22.4 Å². The van der Waals surface area contributed by atoms with Crippen molar-refractivity contribution < 1.29 is 27.2 Å². The number of halogens is 4. The van der Waals surface area contributed by atoms with E-state index >= 15 is 0 Å². The Hall–Kier alpha value is -3.55. The highest BCUT2D eigenvalue weighted by atomic mass is 19.4. The molecule has 1 atom stereocenters. The van der Waals surface area contributed by atoms with Gasteiger partial charge in [-0.1, -0.05) is 23.4 Å². The molecule has 4 nitrogen and oxygen atoms in total. The highest BCUT2D eigenvalue weighted by Gasteiger charge is 2.29. The molecule has 0 spiro atoms. The molecule has 1 aliphatic rings. The van der Waals surface area contributed by atoms with Crippen LogP contribution in [0.2, 0.25) is 0 Å². The third-order valence-electron chi connectivity index (χ3n) is 5.35. The fourth-order valence-corrected chi connectivity index (χ4v) is 3.64. The molecular weight excluding hydrogens is 436 g/mol. The fourth-order valence-electron chi connectivity index (χ4n) is 3.64. The molecule has 2 aromatic carbocycles. The number of benzene rings is 2. The van der Waals surface area contributed by atoms with E-state index in [1.54, 1.807) is 43.5 Å². The summed E-state index contributed by atoms with van der Waals surface area (Å²) in [5, 5.41) is 4.11. The second kappa shape index (κ2) is 9.13. The second-order valence-corrected chi connectivity index (χ2v) is 7.91. The maximum Gasteiger partial charge on any atom is 0.389 e. The summed E-state index contributed by atoms with van der Waals surface area (Å²) in [7, 11) is 0. The lowest BCUT2D eigenvalue weighted by Crippen LogP contribution is -2.12. The van der Waals surface area contributed by atoms with Gasteiger partial charge in [0.05, 0.1) is 17.8 Å². The smallest absolute Gasteiger partial charge is 0.385 e. The van der Waals surface area contributed by atoms with Crippen LogP contribution >= 0.6 is 0 Å². The first kappa shape index (κ1) is 22.6. The van der Waals surface area contributed by atoms with Crippen molar-refractivity contribution >= 4 is 11.5 Å². The van der Waals surface area contributed by atoms with Gasteiger partial charge < -0.3 is 4.84 Å². The molecule has 0 aliphatic carbocycles.